The maximum atomic E-state index is 14.0. The lowest BCUT2D eigenvalue weighted by Crippen LogP contribution is -2.49. The van der Waals surface area contributed by atoms with Crippen molar-refractivity contribution in [2.75, 3.05) is 45.9 Å². The number of methoxy groups -OCH3 is 2. The van der Waals surface area contributed by atoms with Crippen LogP contribution >= 0.6 is 0 Å². The summed E-state index contributed by atoms with van der Waals surface area (Å²) in [7, 11) is 5.10. The van der Waals surface area contributed by atoms with Crippen LogP contribution < -0.4 is 20.3 Å². The number of anilines is 1. The normalized spacial score (nSPS) is 20.1. The predicted octanol–water partition coefficient (Wildman–Crippen LogP) is 4.27. The fraction of sp³-hybridized carbons (Fsp3) is 0.483. The number of carbonyl (C=O) groups excluding carboxylic acids is 1. The fourth-order valence-corrected chi connectivity index (χ4v) is 5.53. The SMILES string of the molecule is CNC1(COC)CCN(c2c(C(=O)N[C@@H](C)c3ccc(F)c(OC)c3)cnc3c(C4CC4)nc(C)cc23)C1. The first-order valence-electron chi connectivity index (χ1n) is 13.2. The van der Waals surface area contributed by atoms with E-state index in [9.17, 15) is 9.18 Å². The molecule has 1 aliphatic carbocycles. The topological polar surface area (TPSA) is 88.6 Å². The molecule has 1 saturated carbocycles. The fourth-order valence-electron chi connectivity index (χ4n) is 5.53. The zero-order chi connectivity index (χ0) is 27.0. The highest BCUT2D eigenvalue weighted by Crippen LogP contribution is 2.44. The van der Waals surface area contributed by atoms with E-state index in [2.05, 4.69) is 15.5 Å². The minimum absolute atomic E-state index is 0.144. The van der Waals surface area contributed by atoms with E-state index in [1.54, 1.807) is 25.4 Å². The maximum absolute atomic E-state index is 14.0. The summed E-state index contributed by atoms with van der Waals surface area (Å²) in [5.41, 5.74) is 4.73. The lowest BCUT2D eigenvalue weighted by Gasteiger charge is -2.30. The third kappa shape index (κ3) is 4.92. The summed E-state index contributed by atoms with van der Waals surface area (Å²) in [6.45, 7) is 5.91. The smallest absolute Gasteiger partial charge is 0.255 e. The molecule has 8 nitrogen and oxygen atoms in total. The van der Waals surface area contributed by atoms with Gasteiger partial charge in [-0.2, -0.15) is 0 Å². The van der Waals surface area contributed by atoms with E-state index in [1.165, 1.54) is 13.2 Å². The third-order valence-corrected chi connectivity index (χ3v) is 7.83. The summed E-state index contributed by atoms with van der Waals surface area (Å²) in [6.07, 6.45) is 4.80. The highest BCUT2D eigenvalue weighted by Gasteiger charge is 2.39. The van der Waals surface area contributed by atoms with Crippen molar-refractivity contribution >= 4 is 22.5 Å². The summed E-state index contributed by atoms with van der Waals surface area (Å²) in [6, 6.07) is 6.30. The summed E-state index contributed by atoms with van der Waals surface area (Å²) < 4.78 is 24.6. The molecule has 2 aromatic heterocycles. The van der Waals surface area contributed by atoms with Gasteiger partial charge in [-0.05, 0) is 63.9 Å². The molecule has 9 heteroatoms. The number of amides is 1. The van der Waals surface area contributed by atoms with Crippen LogP contribution in [0, 0.1) is 12.7 Å². The minimum atomic E-state index is -0.440. The average Bonchev–Trinajstić information content (AvgIpc) is 3.68. The molecule has 202 valence electrons. The van der Waals surface area contributed by atoms with Gasteiger partial charge in [0, 0.05) is 43.4 Å². The minimum Gasteiger partial charge on any atom is -0.494 e. The second-order valence-electron chi connectivity index (χ2n) is 10.6. The molecule has 1 aromatic carbocycles. The Morgan fingerprint density at radius 3 is 2.76 bits per heavy atom. The Hall–Kier alpha value is -3.30. The second-order valence-corrected chi connectivity index (χ2v) is 10.6. The van der Waals surface area contributed by atoms with Gasteiger partial charge in [-0.25, -0.2) is 4.39 Å². The zero-order valence-electron chi connectivity index (χ0n) is 22.7. The predicted molar refractivity (Wildman–Crippen MR) is 146 cm³/mol. The van der Waals surface area contributed by atoms with Crippen molar-refractivity contribution in [1.82, 2.24) is 20.6 Å². The molecule has 1 saturated heterocycles. The lowest BCUT2D eigenvalue weighted by molar-refractivity contribution is 0.0940. The quantitative estimate of drug-likeness (QED) is 0.435. The van der Waals surface area contributed by atoms with Crippen molar-refractivity contribution in [2.24, 2.45) is 0 Å². The Kier molecular flexibility index (Phi) is 7.24. The number of nitrogens with zero attached hydrogens (tertiary/aromatic N) is 3. The van der Waals surface area contributed by atoms with Crippen LogP contribution in [0.1, 0.15) is 65.5 Å². The van der Waals surface area contributed by atoms with Gasteiger partial charge in [-0.15, -0.1) is 0 Å². The van der Waals surface area contributed by atoms with E-state index in [0.29, 0.717) is 24.6 Å². The van der Waals surface area contributed by atoms with Gasteiger partial charge in [0.1, 0.15) is 0 Å². The average molecular weight is 522 g/mol. The van der Waals surface area contributed by atoms with Gasteiger partial charge in [0.05, 0.1) is 47.8 Å². The van der Waals surface area contributed by atoms with E-state index in [1.807, 2.05) is 27.0 Å². The van der Waals surface area contributed by atoms with Gasteiger partial charge in [-0.1, -0.05) is 6.07 Å². The van der Waals surface area contributed by atoms with E-state index < -0.39 is 5.82 Å². The van der Waals surface area contributed by atoms with Crippen LogP contribution in [0.2, 0.25) is 0 Å². The van der Waals surface area contributed by atoms with Gasteiger partial charge in [-0.3, -0.25) is 14.8 Å². The second kappa shape index (κ2) is 10.5. The van der Waals surface area contributed by atoms with E-state index >= 15 is 0 Å². The van der Waals surface area contributed by atoms with Crippen LogP contribution in [-0.4, -0.2) is 62.4 Å². The first kappa shape index (κ1) is 26.3. The summed E-state index contributed by atoms with van der Waals surface area (Å²) >= 11 is 0. The Morgan fingerprint density at radius 2 is 2.08 bits per heavy atom. The number of aryl methyl sites for hydroxylation is 1. The number of carbonyl (C=O) groups is 1. The van der Waals surface area contributed by atoms with Gasteiger partial charge in [0.25, 0.3) is 5.91 Å². The number of hydrogen-bond donors (Lipinski definition) is 2. The molecule has 0 spiro atoms. The number of fused-ring (bicyclic) bond motifs is 1. The third-order valence-electron chi connectivity index (χ3n) is 7.83. The van der Waals surface area contributed by atoms with Crippen molar-refractivity contribution < 1.29 is 18.7 Å². The van der Waals surface area contributed by atoms with Crippen molar-refractivity contribution in [3.8, 4) is 5.75 Å². The zero-order valence-corrected chi connectivity index (χ0v) is 22.7. The van der Waals surface area contributed by atoms with Gasteiger partial charge >= 0.3 is 0 Å². The molecule has 2 N–H and O–H groups in total. The summed E-state index contributed by atoms with van der Waals surface area (Å²) in [5, 5.41) is 7.51. The molecule has 1 amide bonds. The van der Waals surface area contributed by atoms with Crippen LogP contribution in [-0.2, 0) is 4.74 Å². The highest BCUT2D eigenvalue weighted by molar-refractivity contribution is 6.08. The molecule has 2 atom stereocenters. The number of aromatic nitrogens is 2. The lowest BCUT2D eigenvalue weighted by atomic mass is 10.00. The van der Waals surface area contributed by atoms with Crippen LogP contribution in [0.15, 0.2) is 30.5 Å². The van der Waals surface area contributed by atoms with Crippen molar-refractivity contribution in [1.29, 1.82) is 0 Å². The van der Waals surface area contributed by atoms with Gasteiger partial charge in [0.15, 0.2) is 11.6 Å². The molecular formula is C29H36FN5O3. The van der Waals surface area contributed by atoms with Crippen molar-refractivity contribution in [3.63, 3.8) is 0 Å². The molecule has 0 radical (unpaired) electrons. The Labute approximate surface area is 222 Å². The molecule has 1 aliphatic heterocycles. The van der Waals surface area contributed by atoms with Crippen LogP contribution in [0.5, 0.6) is 5.75 Å². The molecule has 2 fully saturated rings. The number of halogens is 1. The number of likely N-dealkylation sites (N-methyl/N-ethyl adjacent to an activating group) is 1. The summed E-state index contributed by atoms with van der Waals surface area (Å²) in [4.78, 5) is 25.7. The standard InChI is InChI=1S/C29H36FN5O3/c1-17-12-21-26(25(33-17)19-6-7-19)32-14-22(27(21)35-11-10-29(15-35,31-3)16-37-4)28(36)34-18(2)20-8-9-23(30)24(13-20)38-5/h8-9,12-14,18-19,31H,6-7,10-11,15-16H2,1-5H3,(H,34,36)/t18-,29?/m0/s1. The number of ether oxygens (including phenoxy) is 2. The Morgan fingerprint density at radius 1 is 1.29 bits per heavy atom. The first-order valence-corrected chi connectivity index (χ1v) is 13.2. The molecule has 3 heterocycles. The van der Waals surface area contributed by atoms with Crippen molar-refractivity contribution in [3.05, 3.63) is 58.8 Å². The molecule has 1 unspecified atom stereocenters. The highest BCUT2D eigenvalue weighted by atomic mass is 19.1. The van der Waals surface area contributed by atoms with Gasteiger partial charge in [0.2, 0.25) is 0 Å². The van der Waals surface area contributed by atoms with E-state index in [4.69, 9.17) is 19.4 Å². The number of rotatable bonds is 9. The molecule has 2 aliphatic rings. The molecule has 3 aromatic rings. The number of pyridine rings is 2. The first-order chi connectivity index (χ1) is 18.3. The molecule has 5 rings (SSSR count). The van der Waals surface area contributed by atoms with Gasteiger partial charge < -0.3 is 25.0 Å². The van der Waals surface area contributed by atoms with E-state index in [0.717, 1.165) is 59.3 Å². The number of hydrogen-bond acceptors (Lipinski definition) is 7. The number of benzene rings is 1. The monoisotopic (exact) mass is 521 g/mol. The molecule has 0 bridgehead atoms. The van der Waals surface area contributed by atoms with Crippen LogP contribution in [0.3, 0.4) is 0 Å². The Balaban J connectivity index is 1.56. The molecular weight excluding hydrogens is 485 g/mol. The largest absolute Gasteiger partial charge is 0.494 e. The van der Waals surface area contributed by atoms with Crippen LogP contribution in [0.4, 0.5) is 10.1 Å². The number of nitrogens with one attached hydrogen (secondary N) is 2. The van der Waals surface area contributed by atoms with Crippen molar-refractivity contribution in [2.45, 2.75) is 50.6 Å². The molecule has 38 heavy (non-hydrogen) atoms. The van der Waals surface area contributed by atoms with Crippen LogP contribution in [0.25, 0.3) is 10.9 Å². The maximum Gasteiger partial charge on any atom is 0.255 e. The summed E-state index contributed by atoms with van der Waals surface area (Å²) in [5.74, 6) is -0.106. The Bertz CT molecular complexity index is 1360. The van der Waals surface area contributed by atoms with E-state index in [-0.39, 0.29) is 23.2 Å².